The van der Waals surface area contributed by atoms with Gasteiger partial charge in [-0.3, -0.25) is 4.79 Å². The Bertz CT molecular complexity index is 1170. The highest BCUT2D eigenvalue weighted by atomic mass is 16.6. The van der Waals surface area contributed by atoms with E-state index in [4.69, 9.17) is 9.47 Å². The van der Waals surface area contributed by atoms with Gasteiger partial charge in [-0.15, -0.1) is 0 Å². The van der Waals surface area contributed by atoms with Gasteiger partial charge in [0.15, 0.2) is 6.10 Å². The molecule has 2 aromatic heterocycles. The Morgan fingerprint density at radius 3 is 2.66 bits per heavy atom. The number of carbonyl (C=O) groups excluding carboxylic acids is 3. The highest BCUT2D eigenvalue weighted by Gasteiger charge is 2.51. The second-order valence-corrected chi connectivity index (χ2v) is 7.09. The van der Waals surface area contributed by atoms with Gasteiger partial charge in [0, 0.05) is 47.6 Å². The molecule has 148 valence electrons. The SMILES string of the molecule is Cc1[nH]cnc1C1OC(=O)/C=C\C(=O)OC1(C)C(=O)c1cn(C)c2ccccc12. The van der Waals surface area contributed by atoms with Crippen molar-refractivity contribution in [2.24, 2.45) is 7.05 Å². The second kappa shape index (κ2) is 6.73. The fourth-order valence-corrected chi connectivity index (χ4v) is 3.61. The van der Waals surface area contributed by atoms with Gasteiger partial charge >= 0.3 is 11.9 Å². The number of hydrogen-bond donors (Lipinski definition) is 1. The van der Waals surface area contributed by atoms with Crippen molar-refractivity contribution in [1.29, 1.82) is 0 Å². The van der Waals surface area contributed by atoms with Crippen LogP contribution < -0.4 is 0 Å². The Kier molecular flexibility index (Phi) is 4.34. The van der Waals surface area contributed by atoms with Gasteiger partial charge in [0.05, 0.1) is 6.33 Å². The van der Waals surface area contributed by atoms with Crippen LogP contribution in [0.15, 0.2) is 48.9 Å². The van der Waals surface area contributed by atoms with E-state index in [1.165, 1.54) is 13.3 Å². The van der Waals surface area contributed by atoms with Crippen molar-refractivity contribution in [1.82, 2.24) is 14.5 Å². The molecule has 1 aromatic carbocycles. The second-order valence-electron chi connectivity index (χ2n) is 7.09. The largest absolute Gasteiger partial charge is 0.448 e. The summed E-state index contributed by atoms with van der Waals surface area (Å²) in [6.45, 7) is 3.18. The summed E-state index contributed by atoms with van der Waals surface area (Å²) in [7, 11) is 1.82. The first-order valence-electron chi connectivity index (χ1n) is 9.01. The summed E-state index contributed by atoms with van der Waals surface area (Å²) in [5, 5.41) is 0.707. The molecule has 8 nitrogen and oxygen atoms in total. The predicted molar refractivity (Wildman–Crippen MR) is 103 cm³/mol. The fourth-order valence-electron chi connectivity index (χ4n) is 3.61. The average molecular weight is 393 g/mol. The van der Waals surface area contributed by atoms with Crippen LogP contribution in [0, 0.1) is 6.92 Å². The van der Waals surface area contributed by atoms with Crippen molar-refractivity contribution in [3.05, 3.63) is 65.9 Å². The van der Waals surface area contributed by atoms with Gasteiger partial charge in [0.25, 0.3) is 0 Å². The number of aryl methyl sites for hydroxylation is 2. The third-order valence-corrected chi connectivity index (χ3v) is 5.11. The lowest BCUT2D eigenvalue weighted by Gasteiger charge is -2.35. The molecule has 0 bridgehead atoms. The van der Waals surface area contributed by atoms with E-state index in [1.54, 1.807) is 13.1 Å². The maximum Gasteiger partial charge on any atom is 0.332 e. The van der Waals surface area contributed by atoms with E-state index >= 15 is 0 Å². The quantitative estimate of drug-likeness (QED) is 0.542. The molecule has 2 atom stereocenters. The zero-order valence-electron chi connectivity index (χ0n) is 16.1. The number of carbonyl (C=O) groups is 3. The van der Waals surface area contributed by atoms with Crippen LogP contribution in [0.1, 0.15) is 34.8 Å². The number of rotatable bonds is 3. The average Bonchev–Trinajstić information content (AvgIpc) is 3.26. The first kappa shape index (κ1) is 18.7. The summed E-state index contributed by atoms with van der Waals surface area (Å²) in [6.07, 6.45) is 3.81. The Morgan fingerprint density at radius 1 is 1.21 bits per heavy atom. The minimum atomic E-state index is -1.82. The number of nitrogens with one attached hydrogen (secondary N) is 1. The number of hydrogen-bond acceptors (Lipinski definition) is 6. The first-order valence-corrected chi connectivity index (χ1v) is 9.01. The Hall–Kier alpha value is -3.68. The molecule has 2 unspecified atom stereocenters. The molecule has 0 spiro atoms. The minimum Gasteiger partial charge on any atom is -0.448 e. The molecule has 1 N–H and O–H groups in total. The monoisotopic (exact) mass is 393 g/mol. The van der Waals surface area contributed by atoms with Gasteiger partial charge < -0.3 is 19.0 Å². The standard InChI is InChI=1S/C21H19N3O5/c1-12-18(23-11-22-12)20-21(2,29-17(26)9-8-16(25)28-20)19(27)14-10-24(3)15-7-5-4-6-13(14)15/h4-11,20H,1-3H3,(H,22,23)/b9-8-. The first-order chi connectivity index (χ1) is 13.8. The molecular formula is C21H19N3O5. The van der Waals surface area contributed by atoms with Gasteiger partial charge in [0.2, 0.25) is 11.4 Å². The number of ketones is 1. The fraction of sp³-hybridized carbons (Fsp3) is 0.238. The number of fused-ring (bicyclic) bond motifs is 1. The topological polar surface area (TPSA) is 103 Å². The Balaban J connectivity index is 1.91. The highest BCUT2D eigenvalue weighted by Crippen LogP contribution is 2.38. The van der Waals surface area contributed by atoms with E-state index in [1.807, 2.05) is 35.9 Å². The third-order valence-electron chi connectivity index (χ3n) is 5.11. The molecule has 1 aliphatic heterocycles. The number of H-pyrrole nitrogens is 1. The van der Waals surface area contributed by atoms with Gasteiger partial charge in [-0.25, -0.2) is 14.6 Å². The molecule has 8 heteroatoms. The van der Waals surface area contributed by atoms with Crippen LogP contribution in [0.25, 0.3) is 10.9 Å². The number of esters is 2. The van der Waals surface area contributed by atoms with E-state index < -0.39 is 29.4 Å². The van der Waals surface area contributed by atoms with Crippen LogP contribution in [0.2, 0.25) is 0 Å². The van der Waals surface area contributed by atoms with Gasteiger partial charge in [-0.1, -0.05) is 18.2 Å². The molecule has 0 radical (unpaired) electrons. The van der Waals surface area contributed by atoms with Crippen LogP contribution >= 0.6 is 0 Å². The van der Waals surface area contributed by atoms with Crippen molar-refractivity contribution in [3.8, 4) is 0 Å². The molecule has 3 aromatic rings. The molecular weight excluding hydrogens is 374 g/mol. The van der Waals surface area contributed by atoms with E-state index in [0.717, 1.165) is 17.7 Å². The van der Waals surface area contributed by atoms with Crippen molar-refractivity contribution in [2.45, 2.75) is 25.6 Å². The summed E-state index contributed by atoms with van der Waals surface area (Å²) < 4.78 is 12.9. The maximum absolute atomic E-state index is 13.7. The van der Waals surface area contributed by atoms with Gasteiger partial charge in [-0.2, -0.15) is 0 Å². The minimum absolute atomic E-state index is 0.317. The van der Waals surface area contributed by atoms with Crippen molar-refractivity contribution in [3.63, 3.8) is 0 Å². The normalized spacial score (nSPS) is 23.2. The lowest BCUT2D eigenvalue weighted by Crippen LogP contribution is -2.48. The summed E-state index contributed by atoms with van der Waals surface area (Å²) in [5.74, 6) is -2.06. The lowest BCUT2D eigenvalue weighted by atomic mass is 9.86. The summed E-state index contributed by atoms with van der Waals surface area (Å²) in [4.78, 5) is 45.3. The Labute approximate surface area is 166 Å². The van der Waals surface area contributed by atoms with E-state index in [0.29, 0.717) is 22.3 Å². The van der Waals surface area contributed by atoms with E-state index in [2.05, 4.69) is 9.97 Å². The molecule has 1 aliphatic rings. The van der Waals surface area contributed by atoms with Gasteiger partial charge in [0.1, 0.15) is 5.69 Å². The molecule has 0 aliphatic carbocycles. The zero-order valence-corrected chi connectivity index (χ0v) is 16.1. The van der Waals surface area contributed by atoms with Crippen LogP contribution in [0.4, 0.5) is 0 Å². The number of aromatic amines is 1. The highest BCUT2D eigenvalue weighted by molar-refractivity contribution is 6.13. The lowest BCUT2D eigenvalue weighted by molar-refractivity contribution is -0.173. The molecule has 29 heavy (non-hydrogen) atoms. The number of cyclic esters (lactones) is 2. The van der Waals surface area contributed by atoms with Crippen LogP contribution in [-0.4, -0.2) is 37.9 Å². The number of benzene rings is 1. The summed E-state index contributed by atoms with van der Waals surface area (Å²) in [6, 6.07) is 7.40. The predicted octanol–water partition coefficient (Wildman–Crippen LogP) is 2.55. The third kappa shape index (κ3) is 3.02. The Morgan fingerprint density at radius 2 is 1.93 bits per heavy atom. The number of ether oxygens (including phenoxy) is 2. The van der Waals surface area contributed by atoms with E-state index in [-0.39, 0.29) is 0 Å². The number of nitrogens with zero attached hydrogens (tertiary/aromatic N) is 2. The number of imidazole rings is 1. The molecule has 4 rings (SSSR count). The number of Topliss-reactive ketones (excluding diaryl/α,β-unsaturated/α-hetero) is 1. The van der Waals surface area contributed by atoms with Crippen molar-refractivity contribution >= 4 is 28.6 Å². The zero-order chi connectivity index (χ0) is 20.8. The van der Waals surface area contributed by atoms with Crippen molar-refractivity contribution < 1.29 is 23.9 Å². The molecule has 0 fully saturated rings. The molecule has 0 saturated heterocycles. The molecule has 0 amide bonds. The van der Waals surface area contributed by atoms with Crippen LogP contribution in [-0.2, 0) is 26.1 Å². The van der Waals surface area contributed by atoms with Gasteiger partial charge in [-0.05, 0) is 19.9 Å². The summed E-state index contributed by atoms with van der Waals surface area (Å²) in [5.41, 5.74) is 0.303. The van der Waals surface area contributed by atoms with Crippen LogP contribution in [0.5, 0.6) is 0 Å². The van der Waals surface area contributed by atoms with Crippen LogP contribution in [0.3, 0.4) is 0 Å². The summed E-state index contributed by atoms with van der Waals surface area (Å²) >= 11 is 0. The van der Waals surface area contributed by atoms with E-state index in [9.17, 15) is 14.4 Å². The maximum atomic E-state index is 13.7. The molecule has 0 saturated carbocycles. The van der Waals surface area contributed by atoms with Crippen molar-refractivity contribution in [2.75, 3.05) is 0 Å². The number of para-hydroxylation sites is 1. The number of aromatic nitrogens is 3. The molecule has 3 heterocycles. The smallest absolute Gasteiger partial charge is 0.332 e.